The van der Waals surface area contributed by atoms with Crippen LogP contribution < -0.4 is 5.32 Å². The summed E-state index contributed by atoms with van der Waals surface area (Å²) in [7, 11) is 0. The zero-order valence-corrected chi connectivity index (χ0v) is 12.1. The van der Waals surface area contributed by atoms with E-state index in [-0.39, 0.29) is 11.4 Å². The average molecular weight is 261 g/mol. The van der Waals surface area contributed by atoms with Gasteiger partial charge in [0.05, 0.1) is 0 Å². The van der Waals surface area contributed by atoms with Crippen LogP contribution >= 0.6 is 0 Å². The van der Waals surface area contributed by atoms with Crippen molar-refractivity contribution in [1.82, 2.24) is 9.88 Å². The van der Waals surface area contributed by atoms with E-state index in [1.165, 1.54) is 0 Å². The number of hydrogen-bond donors (Lipinski definition) is 1. The van der Waals surface area contributed by atoms with E-state index >= 15 is 0 Å². The van der Waals surface area contributed by atoms with E-state index in [0.717, 1.165) is 43.7 Å². The van der Waals surface area contributed by atoms with Gasteiger partial charge in [0.15, 0.2) is 0 Å². The minimum absolute atomic E-state index is 0.0304. The molecule has 2 rings (SSSR count). The fourth-order valence-corrected chi connectivity index (χ4v) is 2.55. The van der Waals surface area contributed by atoms with Crippen molar-refractivity contribution in [3.63, 3.8) is 0 Å². The maximum Gasteiger partial charge on any atom is 0.254 e. The first kappa shape index (κ1) is 13.8. The van der Waals surface area contributed by atoms with Crippen molar-refractivity contribution < 1.29 is 4.79 Å². The maximum absolute atomic E-state index is 12.6. The predicted octanol–water partition coefficient (Wildman–Crippen LogP) is 2.92. The van der Waals surface area contributed by atoms with E-state index in [0.29, 0.717) is 0 Å². The molecule has 0 spiro atoms. The molecule has 19 heavy (non-hydrogen) atoms. The van der Waals surface area contributed by atoms with Crippen molar-refractivity contribution in [2.75, 3.05) is 18.4 Å². The molecule has 1 N–H and O–H groups in total. The van der Waals surface area contributed by atoms with Gasteiger partial charge < -0.3 is 10.2 Å². The Morgan fingerprint density at radius 3 is 2.95 bits per heavy atom. The van der Waals surface area contributed by atoms with Crippen LogP contribution in [0.3, 0.4) is 0 Å². The van der Waals surface area contributed by atoms with Crippen LogP contribution in [-0.2, 0) is 0 Å². The molecule has 0 atom stereocenters. The van der Waals surface area contributed by atoms with Gasteiger partial charge in [0.1, 0.15) is 5.82 Å². The summed E-state index contributed by atoms with van der Waals surface area (Å²) in [6, 6.07) is 3.65. The molecule has 1 aliphatic heterocycles. The number of anilines is 1. The highest BCUT2D eigenvalue weighted by Crippen LogP contribution is 2.29. The Labute approximate surface area is 115 Å². The summed E-state index contributed by atoms with van der Waals surface area (Å²) in [4.78, 5) is 18.8. The molecule has 0 bridgehead atoms. The van der Waals surface area contributed by atoms with Gasteiger partial charge in [-0.3, -0.25) is 4.79 Å². The molecule has 4 heteroatoms. The molecule has 1 saturated heterocycles. The number of carbonyl (C=O) groups is 1. The second-order valence-corrected chi connectivity index (χ2v) is 5.73. The van der Waals surface area contributed by atoms with Gasteiger partial charge in [0.2, 0.25) is 0 Å². The number of pyridine rings is 1. The molecule has 0 saturated carbocycles. The van der Waals surface area contributed by atoms with Gasteiger partial charge in [0.25, 0.3) is 5.91 Å². The van der Waals surface area contributed by atoms with E-state index in [9.17, 15) is 4.79 Å². The topological polar surface area (TPSA) is 45.2 Å². The molecule has 4 nitrogen and oxygen atoms in total. The average Bonchev–Trinajstić information content (AvgIpc) is 2.75. The Morgan fingerprint density at radius 1 is 1.53 bits per heavy atom. The van der Waals surface area contributed by atoms with Gasteiger partial charge >= 0.3 is 0 Å². The first-order valence-corrected chi connectivity index (χ1v) is 7.06. The molecule has 1 amide bonds. The van der Waals surface area contributed by atoms with E-state index in [4.69, 9.17) is 0 Å². The number of nitrogens with one attached hydrogen (secondary N) is 1. The highest BCUT2D eigenvalue weighted by atomic mass is 16.2. The minimum atomic E-state index is -0.0304. The summed E-state index contributed by atoms with van der Waals surface area (Å²) in [6.45, 7) is 8.10. The number of carbonyl (C=O) groups excluding carboxylic acids is 1. The molecule has 1 aliphatic rings. The fraction of sp³-hybridized carbons (Fsp3) is 0.600. The normalized spacial score (nSPS) is 17.5. The second kappa shape index (κ2) is 5.59. The lowest BCUT2D eigenvalue weighted by molar-refractivity contribution is 0.0652. The minimum Gasteiger partial charge on any atom is -0.370 e. The van der Waals surface area contributed by atoms with Crippen LogP contribution in [0.5, 0.6) is 0 Å². The Kier molecular flexibility index (Phi) is 4.08. The third-order valence-corrected chi connectivity index (χ3v) is 3.71. The van der Waals surface area contributed by atoms with Crippen LogP contribution in [0.2, 0.25) is 0 Å². The molecular weight excluding hydrogens is 238 g/mol. The van der Waals surface area contributed by atoms with Crippen molar-refractivity contribution in [2.45, 2.75) is 45.6 Å². The molecule has 0 aliphatic carbocycles. The number of aromatic nitrogens is 1. The van der Waals surface area contributed by atoms with Crippen LogP contribution in [0.4, 0.5) is 5.82 Å². The summed E-state index contributed by atoms with van der Waals surface area (Å²) >= 11 is 0. The highest BCUT2D eigenvalue weighted by Gasteiger charge is 2.35. The first-order valence-electron chi connectivity index (χ1n) is 7.06. The molecule has 1 fully saturated rings. The predicted molar refractivity (Wildman–Crippen MR) is 77.4 cm³/mol. The summed E-state index contributed by atoms with van der Waals surface area (Å²) in [5, 5.41) is 3.22. The standard InChI is InChI=1S/C15H23N3O/c1-4-8-16-13-11-12(6-9-17-13)14(19)18-10-5-7-15(18,2)3/h6,9,11H,4-5,7-8,10H2,1-3H3,(H,16,17). The SMILES string of the molecule is CCCNc1cc(C(=O)N2CCCC2(C)C)ccn1. The van der Waals surface area contributed by atoms with E-state index < -0.39 is 0 Å². The Morgan fingerprint density at radius 2 is 2.32 bits per heavy atom. The molecule has 1 aromatic heterocycles. The van der Waals surface area contributed by atoms with Crippen LogP contribution in [0.15, 0.2) is 18.3 Å². The van der Waals surface area contributed by atoms with Gasteiger partial charge in [-0.1, -0.05) is 6.92 Å². The lowest BCUT2D eigenvalue weighted by Gasteiger charge is -2.31. The zero-order valence-electron chi connectivity index (χ0n) is 12.1. The van der Waals surface area contributed by atoms with Crippen molar-refractivity contribution in [2.24, 2.45) is 0 Å². The van der Waals surface area contributed by atoms with Crippen molar-refractivity contribution >= 4 is 11.7 Å². The summed E-state index contributed by atoms with van der Waals surface area (Å²) in [5.74, 6) is 0.897. The van der Waals surface area contributed by atoms with Gasteiger partial charge in [-0.15, -0.1) is 0 Å². The number of amides is 1. The monoisotopic (exact) mass is 261 g/mol. The third-order valence-electron chi connectivity index (χ3n) is 3.71. The van der Waals surface area contributed by atoms with Crippen LogP contribution in [0.25, 0.3) is 0 Å². The van der Waals surface area contributed by atoms with Crippen molar-refractivity contribution in [3.05, 3.63) is 23.9 Å². The van der Waals surface area contributed by atoms with Crippen molar-refractivity contribution in [1.29, 1.82) is 0 Å². The van der Waals surface area contributed by atoms with Crippen LogP contribution in [0, 0.1) is 0 Å². The molecule has 2 heterocycles. The quantitative estimate of drug-likeness (QED) is 0.906. The van der Waals surface area contributed by atoms with Gasteiger partial charge in [-0.2, -0.15) is 0 Å². The molecule has 104 valence electrons. The van der Waals surface area contributed by atoms with Gasteiger partial charge in [0, 0.05) is 30.4 Å². The molecular formula is C15H23N3O. The number of nitrogens with zero attached hydrogens (tertiary/aromatic N) is 2. The maximum atomic E-state index is 12.6. The Balaban J connectivity index is 2.15. The first-order chi connectivity index (χ1) is 9.04. The number of rotatable bonds is 4. The molecule has 0 radical (unpaired) electrons. The lowest BCUT2D eigenvalue weighted by atomic mass is 10.0. The lowest BCUT2D eigenvalue weighted by Crippen LogP contribution is -2.42. The molecule has 0 aromatic carbocycles. The van der Waals surface area contributed by atoms with Crippen molar-refractivity contribution in [3.8, 4) is 0 Å². The third kappa shape index (κ3) is 3.06. The number of hydrogen-bond acceptors (Lipinski definition) is 3. The molecule has 1 aromatic rings. The second-order valence-electron chi connectivity index (χ2n) is 5.73. The van der Waals surface area contributed by atoms with Crippen LogP contribution in [0.1, 0.15) is 50.4 Å². The summed E-state index contributed by atoms with van der Waals surface area (Å²) in [5.41, 5.74) is 0.695. The Hall–Kier alpha value is -1.58. The van der Waals surface area contributed by atoms with Gasteiger partial charge in [-0.05, 0) is 45.2 Å². The smallest absolute Gasteiger partial charge is 0.254 e. The largest absolute Gasteiger partial charge is 0.370 e. The Bertz CT molecular complexity index is 456. The fourth-order valence-electron chi connectivity index (χ4n) is 2.55. The zero-order chi connectivity index (χ0) is 13.9. The summed E-state index contributed by atoms with van der Waals surface area (Å²) < 4.78 is 0. The van der Waals surface area contributed by atoms with E-state index in [1.54, 1.807) is 12.3 Å². The number of likely N-dealkylation sites (tertiary alicyclic amines) is 1. The van der Waals surface area contributed by atoms with Gasteiger partial charge in [-0.25, -0.2) is 4.98 Å². The van der Waals surface area contributed by atoms with Crippen LogP contribution in [-0.4, -0.2) is 34.4 Å². The van der Waals surface area contributed by atoms with E-state index in [2.05, 4.69) is 31.1 Å². The molecule has 0 unspecified atom stereocenters. The highest BCUT2D eigenvalue weighted by molar-refractivity contribution is 5.95. The van der Waals surface area contributed by atoms with E-state index in [1.807, 2.05) is 11.0 Å². The summed E-state index contributed by atoms with van der Waals surface area (Å²) in [6.07, 6.45) is 4.91.